The number of allylic oxidation sites excluding steroid dienone is 1. The maximum absolute atomic E-state index is 12.8. The Morgan fingerprint density at radius 1 is 1.10 bits per heavy atom. The number of benzene rings is 2. The summed E-state index contributed by atoms with van der Waals surface area (Å²) >= 11 is 0. The molecular formula is C19H17NO. The number of rotatable bonds is 1. The standard InChI is InChI=1S/C19H17NO/c1-11(2)20-12(3)15-9-7-13-5-4-6-14-8-10-16(19(20)21)18(15)17(13)14/h4,6-11H,3,5H2,1-2H3. The predicted octanol–water partition coefficient (Wildman–Crippen LogP) is 3.43. The van der Waals surface area contributed by atoms with Crippen LogP contribution in [-0.2, 0) is 6.42 Å². The Morgan fingerprint density at radius 2 is 1.86 bits per heavy atom. The summed E-state index contributed by atoms with van der Waals surface area (Å²) in [7, 11) is 0. The Labute approximate surface area is 123 Å². The summed E-state index contributed by atoms with van der Waals surface area (Å²) in [5.41, 5.74) is 2.57. The van der Waals surface area contributed by atoms with E-state index in [0.29, 0.717) is 0 Å². The maximum Gasteiger partial charge on any atom is 0.259 e. The molecule has 0 aliphatic heterocycles. The van der Waals surface area contributed by atoms with Gasteiger partial charge in [-0.2, -0.15) is 0 Å². The highest BCUT2D eigenvalue weighted by Gasteiger charge is 2.17. The molecule has 2 nitrogen and oxygen atoms in total. The third kappa shape index (κ3) is 1.50. The van der Waals surface area contributed by atoms with Gasteiger partial charge in [0.2, 0.25) is 0 Å². The molecule has 1 heterocycles. The zero-order valence-electron chi connectivity index (χ0n) is 12.3. The molecule has 0 amide bonds. The van der Waals surface area contributed by atoms with Crippen LogP contribution in [0.4, 0.5) is 0 Å². The molecule has 0 saturated heterocycles. The summed E-state index contributed by atoms with van der Waals surface area (Å²) in [6.07, 6.45) is 5.26. The predicted molar refractivity (Wildman–Crippen MR) is 89.6 cm³/mol. The van der Waals surface area contributed by atoms with Crippen LogP contribution in [0.5, 0.6) is 0 Å². The van der Waals surface area contributed by atoms with Crippen molar-refractivity contribution in [2.24, 2.45) is 0 Å². The van der Waals surface area contributed by atoms with Gasteiger partial charge < -0.3 is 4.57 Å². The Hall–Kier alpha value is -2.35. The van der Waals surface area contributed by atoms with E-state index in [4.69, 9.17) is 0 Å². The summed E-state index contributed by atoms with van der Waals surface area (Å²) in [6.45, 7) is 8.24. The SMILES string of the molecule is C=c1c2ccc3c4c(ccc(c(=O)n1C(C)C)c42)C=CC3. The molecule has 3 aromatic rings. The van der Waals surface area contributed by atoms with Gasteiger partial charge in [0.25, 0.3) is 5.56 Å². The molecule has 2 aromatic carbocycles. The fourth-order valence-electron chi connectivity index (χ4n) is 3.56. The van der Waals surface area contributed by atoms with E-state index in [1.807, 2.05) is 19.9 Å². The zero-order valence-corrected chi connectivity index (χ0v) is 12.3. The van der Waals surface area contributed by atoms with Gasteiger partial charge in [-0.25, -0.2) is 0 Å². The molecule has 0 unspecified atom stereocenters. The van der Waals surface area contributed by atoms with E-state index in [9.17, 15) is 4.79 Å². The van der Waals surface area contributed by atoms with Gasteiger partial charge in [0, 0.05) is 27.5 Å². The van der Waals surface area contributed by atoms with E-state index in [1.165, 1.54) is 16.5 Å². The van der Waals surface area contributed by atoms with Crippen molar-refractivity contribution in [3.05, 3.63) is 57.2 Å². The van der Waals surface area contributed by atoms with Crippen molar-refractivity contribution in [3.63, 3.8) is 0 Å². The zero-order chi connectivity index (χ0) is 14.7. The Morgan fingerprint density at radius 3 is 2.62 bits per heavy atom. The van der Waals surface area contributed by atoms with E-state index < -0.39 is 0 Å². The van der Waals surface area contributed by atoms with Crippen LogP contribution in [-0.4, -0.2) is 4.57 Å². The molecule has 0 bridgehead atoms. The average molecular weight is 275 g/mol. The smallest absolute Gasteiger partial charge is 0.259 e. The van der Waals surface area contributed by atoms with E-state index in [2.05, 4.69) is 36.9 Å². The summed E-state index contributed by atoms with van der Waals surface area (Å²) < 4.78 is 1.80. The van der Waals surface area contributed by atoms with Crippen LogP contribution >= 0.6 is 0 Å². The van der Waals surface area contributed by atoms with Gasteiger partial charge in [-0.3, -0.25) is 4.79 Å². The highest BCUT2D eigenvalue weighted by molar-refractivity contribution is 6.14. The lowest BCUT2D eigenvalue weighted by Crippen LogP contribution is -2.34. The van der Waals surface area contributed by atoms with Gasteiger partial charge in [-0.05, 0) is 42.8 Å². The molecular weight excluding hydrogens is 258 g/mol. The topological polar surface area (TPSA) is 22.0 Å². The monoisotopic (exact) mass is 275 g/mol. The van der Waals surface area contributed by atoms with E-state index in [0.717, 1.165) is 27.9 Å². The third-order valence-corrected chi connectivity index (χ3v) is 4.48. The van der Waals surface area contributed by atoms with Gasteiger partial charge in [-0.15, -0.1) is 0 Å². The molecule has 4 rings (SSSR count). The van der Waals surface area contributed by atoms with E-state index in [-0.39, 0.29) is 11.6 Å². The second-order valence-corrected chi connectivity index (χ2v) is 6.05. The third-order valence-electron chi connectivity index (χ3n) is 4.48. The quantitative estimate of drug-likeness (QED) is 0.667. The first-order chi connectivity index (χ1) is 10.1. The molecule has 21 heavy (non-hydrogen) atoms. The fourth-order valence-corrected chi connectivity index (χ4v) is 3.56. The van der Waals surface area contributed by atoms with Gasteiger partial charge in [-0.1, -0.05) is 36.9 Å². The molecule has 0 atom stereocenters. The van der Waals surface area contributed by atoms with Crippen LogP contribution in [0.2, 0.25) is 0 Å². The van der Waals surface area contributed by atoms with Crippen molar-refractivity contribution in [3.8, 4) is 0 Å². The number of pyridine rings is 1. The molecule has 2 heteroatoms. The van der Waals surface area contributed by atoms with Crippen LogP contribution in [0.25, 0.3) is 34.2 Å². The van der Waals surface area contributed by atoms with E-state index in [1.54, 1.807) is 4.57 Å². The summed E-state index contributed by atoms with van der Waals surface area (Å²) in [6, 6.07) is 8.43. The second-order valence-electron chi connectivity index (χ2n) is 6.05. The van der Waals surface area contributed by atoms with E-state index >= 15 is 0 Å². The van der Waals surface area contributed by atoms with Crippen molar-refractivity contribution < 1.29 is 0 Å². The number of nitrogens with zero attached hydrogens (tertiary/aromatic N) is 1. The molecule has 0 fully saturated rings. The lowest BCUT2D eigenvalue weighted by Gasteiger charge is -2.19. The summed E-state index contributed by atoms with van der Waals surface area (Å²) in [5.74, 6) is 0. The molecule has 0 saturated carbocycles. The highest BCUT2D eigenvalue weighted by Crippen LogP contribution is 2.32. The largest absolute Gasteiger partial charge is 0.306 e. The number of aromatic nitrogens is 1. The fraction of sp³-hybridized carbons (Fsp3) is 0.211. The molecule has 1 aliphatic rings. The van der Waals surface area contributed by atoms with Crippen LogP contribution in [0.3, 0.4) is 0 Å². The maximum atomic E-state index is 12.8. The average Bonchev–Trinajstić information content (AvgIpc) is 2.47. The summed E-state index contributed by atoms with van der Waals surface area (Å²) in [5, 5.41) is 5.03. The highest BCUT2D eigenvalue weighted by atomic mass is 16.1. The van der Waals surface area contributed by atoms with Crippen LogP contribution < -0.4 is 10.9 Å². The van der Waals surface area contributed by atoms with Crippen molar-refractivity contribution in [2.45, 2.75) is 26.3 Å². The number of hydrogen-bond acceptors (Lipinski definition) is 1. The van der Waals surface area contributed by atoms with Crippen LogP contribution in [0.1, 0.15) is 31.0 Å². The minimum absolute atomic E-state index is 0.0701. The Kier molecular flexibility index (Phi) is 2.41. The van der Waals surface area contributed by atoms with Crippen LogP contribution in [0, 0.1) is 0 Å². The molecule has 0 radical (unpaired) electrons. The van der Waals surface area contributed by atoms with Crippen LogP contribution in [0.15, 0.2) is 35.1 Å². The van der Waals surface area contributed by atoms with Gasteiger partial charge in [0.05, 0.1) is 0 Å². The first kappa shape index (κ1) is 12.4. The molecule has 1 aliphatic carbocycles. The molecule has 104 valence electrons. The lowest BCUT2D eigenvalue weighted by molar-refractivity contribution is 0.571. The minimum atomic E-state index is 0.0701. The normalized spacial score (nSPS) is 13.7. The molecule has 1 aromatic heterocycles. The van der Waals surface area contributed by atoms with Crippen molar-refractivity contribution >= 4 is 34.2 Å². The van der Waals surface area contributed by atoms with Gasteiger partial charge in [0.15, 0.2) is 0 Å². The first-order valence-electron chi connectivity index (χ1n) is 7.37. The molecule has 0 N–H and O–H groups in total. The lowest BCUT2D eigenvalue weighted by atomic mass is 9.89. The van der Waals surface area contributed by atoms with Crippen molar-refractivity contribution in [1.29, 1.82) is 0 Å². The van der Waals surface area contributed by atoms with Crippen molar-refractivity contribution in [2.75, 3.05) is 0 Å². The second kappa shape index (κ2) is 4.08. The Balaban J connectivity index is 2.37. The Bertz CT molecular complexity index is 989. The van der Waals surface area contributed by atoms with Gasteiger partial charge >= 0.3 is 0 Å². The van der Waals surface area contributed by atoms with Crippen molar-refractivity contribution in [1.82, 2.24) is 4.57 Å². The van der Waals surface area contributed by atoms with Gasteiger partial charge in [0.1, 0.15) is 0 Å². The first-order valence-corrected chi connectivity index (χ1v) is 7.37. The minimum Gasteiger partial charge on any atom is -0.306 e. The molecule has 0 spiro atoms. The summed E-state index contributed by atoms with van der Waals surface area (Å²) in [4.78, 5) is 12.8. The number of hydrogen-bond donors (Lipinski definition) is 0.